The van der Waals surface area contributed by atoms with Crippen LogP contribution in [0.5, 0.6) is 0 Å². The van der Waals surface area contributed by atoms with Crippen molar-refractivity contribution >= 4 is 0 Å². The molecule has 3 heteroatoms. The lowest BCUT2D eigenvalue weighted by molar-refractivity contribution is 0.144. The molecule has 1 rings (SSSR count). The van der Waals surface area contributed by atoms with E-state index in [1.54, 1.807) is 0 Å². The van der Waals surface area contributed by atoms with Crippen molar-refractivity contribution in [1.82, 2.24) is 10.6 Å². The standard InChI is InChI=1S/C7H16N2O/c1-2-10-4-3-9-7-5-8-6-7/h7-9H,2-6H2,1H3. The van der Waals surface area contributed by atoms with Gasteiger partial charge >= 0.3 is 0 Å². The second-order valence-electron chi connectivity index (χ2n) is 2.51. The molecule has 0 aromatic carbocycles. The molecule has 1 aliphatic rings. The molecule has 0 aliphatic carbocycles. The zero-order valence-electron chi connectivity index (χ0n) is 6.52. The first kappa shape index (κ1) is 7.98. The van der Waals surface area contributed by atoms with Gasteiger partial charge in [0.15, 0.2) is 0 Å². The van der Waals surface area contributed by atoms with Crippen molar-refractivity contribution in [1.29, 1.82) is 0 Å². The third-order valence-corrected chi connectivity index (χ3v) is 1.67. The first-order chi connectivity index (χ1) is 4.93. The van der Waals surface area contributed by atoms with E-state index in [4.69, 9.17) is 4.74 Å². The smallest absolute Gasteiger partial charge is 0.0590 e. The van der Waals surface area contributed by atoms with Crippen LogP contribution in [-0.2, 0) is 4.74 Å². The fourth-order valence-electron chi connectivity index (χ4n) is 0.913. The Morgan fingerprint density at radius 3 is 2.90 bits per heavy atom. The van der Waals surface area contributed by atoms with E-state index in [-0.39, 0.29) is 0 Å². The average Bonchev–Trinajstić information content (AvgIpc) is 1.84. The first-order valence-electron chi connectivity index (χ1n) is 3.95. The Labute approximate surface area is 62.1 Å². The third-order valence-electron chi connectivity index (χ3n) is 1.67. The van der Waals surface area contributed by atoms with E-state index < -0.39 is 0 Å². The van der Waals surface area contributed by atoms with Crippen LogP contribution in [0.3, 0.4) is 0 Å². The van der Waals surface area contributed by atoms with Crippen molar-refractivity contribution in [2.24, 2.45) is 0 Å². The van der Waals surface area contributed by atoms with E-state index in [0.717, 1.165) is 32.8 Å². The monoisotopic (exact) mass is 144 g/mol. The predicted octanol–water partition coefficient (Wildman–Crippen LogP) is -0.416. The fourth-order valence-corrected chi connectivity index (χ4v) is 0.913. The van der Waals surface area contributed by atoms with Crippen molar-refractivity contribution < 1.29 is 4.74 Å². The topological polar surface area (TPSA) is 33.3 Å². The van der Waals surface area contributed by atoms with Crippen LogP contribution in [0.15, 0.2) is 0 Å². The van der Waals surface area contributed by atoms with E-state index in [1.165, 1.54) is 0 Å². The van der Waals surface area contributed by atoms with Gasteiger partial charge in [-0.3, -0.25) is 0 Å². The summed E-state index contributed by atoms with van der Waals surface area (Å²) in [5, 5.41) is 6.57. The van der Waals surface area contributed by atoms with Crippen LogP contribution in [0.4, 0.5) is 0 Å². The normalized spacial score (nSPS) is 18.9. The summed E-state index contributed by atoms with van der Waals surface area (Å²) >= 11 is 0. The zero-order chi connectivity index (χ0) is 7.23. The summed E-state index contributed by atoms with van der Waals surface area (Å²) in [5.41, 5.74) is 0. The molecule has 0 radical (unpaired) electrons. The molecule has 0 aromatic heterocycles. The van der Waals surface area contributed by atoms with Gasteiger partial charge in [0.25, 0.3) is 0 Å². The van der Waals surface area contributed by atoms with Crippen molar-refractivity contribution in [3.05, 3.63) is 0 Å². The molecule has 0 atom stereocenters. The highest BCUT2D eigenvalue weighted by Gasteiger charge is 2.14. The molecule has 60 valence electrons. The molecule has 1 heterocycles. The van der Waals surface area contributed by atoms with E-state index in [1.807, 2.05) is 6.92 Å². The fraction of sp³-hybridized carbons (Fsp3) is 1.00. The first-order valence-corrected chi connectivity index (χ1v) is 3.95. The second kappa shape index (κ2) is 4.66. The molecule has 1 aliphatic heterocycles. The predicted molar refractivity (Wildman–Crippen MR) is 41.2 cm³/mol. The van der Waals surface area contributed by atoms with Crippen molar-refractivity contribution in [3.63, 3.8) is 0 Å². The molecule has 0 saturated carbocycles. The summed E-state index contributed by atoms with van der Waals surface area (Å²) in [5.74, 6) is 0. The molecular formula is C7H16N2O. The Morgan fingerprint density at radius 2 is 2.40 bits per heavy atom. The summed E-state index contributed by atoms with van der Waals surface area (Å²) < 4.78 is 5.17. The molecule has 0 amide bonds. The molecule has 2 N–H and O–H groups in total. The van der Waals surface area contributed by atoms with Crippen LogP contribution in [0.1, 0.15) is 6.92 Å². The number of hydrogen-bond donors (Lipinski definition) is 2. The van der Waals surface area contributed by atoms with E-state index in [9.17, 15) is 0 Å². The average molecular weight is 144 g/mol. The van der Waals surface area contributed by atoms with Crippen molar-refractivity contribution in [3.8, 4) is 0 Å². The van der Waals surface area contributed by atoms with E-state index in [2.05, 4.69) is 10.6 Å². The highest BCUT2D eigenvalue weighted by molar-refractivity contribution is 4.80. The van der Waals surface area contributed by atoms with Gasteiger partial charge in [0, 0.05) is 32.3 Å². The molecule has 0 unspecified atom stereocenters. The van der Waals surface area contributed by atoms with Crippen LogP contribution in [0.2, 0.25) is 0 Å². The largest absolute Gasteiger partial charge is 0.380 e. The molecule has 1 saturated heterocycles. The van der Waals surface area contributed by atoms with Crippen LogP contribution in [-0.4, -0.2) is 38.9 Å². The van der Waals surface area contributed by atoms with Gasteiger partial charge < -0.3 is 15.4 Å². The molecule has 0 bridgehead atoms. The minimum absolute atomic E-state index is 0.695. The number of ether oxygens (including phenoxy) is 1. The number of nitrogens with one attached hydrogen (secondary N) is 2. The van der Waals surface area contributed by atoms with Crippen molar-refractivity contribution in [2.75, 3.05) is 32.8 Å². The van der Waals surface area contributed by atoms with Crippen LogP contribution >= 0.6 is 0 Å². The minimum atomic E-state index is 0.695. The van der Waals surface area contributed by atoms with E-state index in [0.29, 0.717) is 6.04 Å². The summed E-state index contributed by atoms with van der Waals surface area (Å²) in [6.45, 7) is 6.90. The summed E-state index contributed by atoms with van der Waals surface area (Å²) in [7, 11) is 0. The quantitative estimate of drug-likeness (QED) is 0.514. The van der Waals surface area contributed by atoms with Gasteiger partial charge in [0.05, 0.1) is 6.61 Å². The lowest BCUT2D eigenvalue weighted by Gasteiger charge is -2.27. The van der Waals surface area contributed by atoms with Crippen LogP contribution in [0, 0.1) is 0 Å². The van der Waals surface area contributed by atoms with Gasteiger partial charge in [0.1, 0.15) is 0 Å². The highest BCUT2D eigenvalue weighted by atomic mass is 16.5. The number of hydrogen-bond acceptors (Lipinski definition) is 3. The maximum absolute atomic E-state index is 5.17. The Morgan fingerprint density at radius 1 is 1.60 bits per heavy atom. The summed E-state index contributed by atoms with van der Waals surface area (Å²) in [6, 6.07) is 0.695. The second-order valence-corrected chi connectivity index (χ2v) is 2.51. The Balaban J connectivity index is 1.76. The van der Waals surface area contributed by atoms with Gasteiger partial charge in [-0.1, -0.05) is 0 Å². The van der Waals surface area contributed by atoms with Crippen LogP contribution in [0.25, 0.3) is 0 Å². The molecule has 3 nitrogen and oxygen atoms in total. The Kier molecular flexibility index (Phi) is 3.72. The van der Waals surface area contributed by atoms with Crippen molar-refractivity contribution in [2.45, 2.75) is 13.0 Å². The number of rotatable bonds is 5. The van der Waals surface area contributed by atoms with E-state index >= 15 is 0 Å². The third kappa shape index (κ3) is 2.64. The SMILES string of the molecule is CCOCCNC1CNC1. The lowest BCUT2D eigenvalue weighted by Crippen LogP contribution is -2.55. The molecule has 0 aromatic rings. The molecule has 0 spiro atoms. The summed E-state index contributed by atoms with van der Waals surface area (Å²) in [4.78, 5) is 0. The lowest BCUT2D eigenvalue weighted by atomic mass is 10.2. The minimum Gasteiger partial charge on any atom is -0.380 e. The molecular weight excluding hydrogens is 128 g/mol. The van der Waals surface area contributed by atoms with Gasteiger partial charge in [-0.25, -0.2) is 0 Å². The van der Waals surface area contributed by atoms with Gasteiger partial charge in [-0.05, 0) is 6.92 Å². The van der Waals surface area contributed by atoms with Crippen LogP contribution < -0.4 is 10.6 Å². The maximum Gasteiger partial charge on any atom is 0.0590 e. The van der Waals surface area contributed by atoms with Gasteiger partial charge in [0.2, 0.25) is 0 Å². The highest BCUT2D eigenvalue weighted by Crippen LogP contribution is 1.88. The zero-order valence-corrected chi connectivity index (χ0v) is 6.52. The molecule has 10 heavy (non-hydrogen) atoms. The van der Waals surface area contributed by atoms with Gasteiger partial charge in [-0.15, -0.1) is 0 Å². The Bertz CT molecular complexity index is 83.7. The van der Waals surface area contributed by atoms with Gasteiger partial charge in [-0.2, -0.15) is 0 Å². The summed E-state index contributed by atoms with van der Waals surface area (Å²) in [6.07, 6.45) is 0. The molecule has 1 fully saturated rings. The Hall–Kier alpha value is -0.120. The maximum atomic E-state index is 5.17.